The summed E-state index contributed by atoms with van der Waals surface area (Å²) in [5.74, 6) is 1.15. The van der Waals surface area contributed by atoms with Crippen molar-refractivity contribution in [2.24, 2.45) is 11.3 Å². The molecule has 1 saturated heterocycles. The highest BCUT2D eigenvalue weighted by molar-refractivity contribution is 5.78. The molecule has 0 unspecified atom stereocenters. The second-order valence-electron chi connectivity index (χ2n) is 6.90. The molecule has 17 heavy (non-hydrogen) atoms. The van der Waals surface area contributed by atoms with Crippen LogP contribution < -0.4 is 0 Å². The highest BCUT2D eigenvalue weighted by atomic mass is 16.1. The number of hydrogen-bond acceptors (Lipinski definition) is 2. The van der Waals surface area contributed by atoms with E-state index in [1.165, 1.54) is 25.9 Å². The van der Waals surface area contributed by atoms with E-state index in [0.29, 0.717) is 17.1 Å². The molecule has 2 heteroatoms. The minimum Gasteiger partial charge on any atom is -0.306 e. The van der Waals surface area contributed by atoms with Crippen molar-refractivity contribution < 1.29 is 4.79 Å². The van der Waals surface area contributed by atoms with E-state index in [-0.39, 0.29) is 0 Å². The average molecular weight is 239 g/mol. The summed E-state index contributed by atoms with van der Waals surface area (Å²) in [7, 11) is 2.17. The fourth-order valence-electron chi connectivity index (χ4n) is 2.51. The van der Waals surface area contributed by atoms with Crippen molar-refractivity contribution in [3.63, 3.8) is 0 Å². The molecule has 1 heterocycles. The van der Waals surface area contributed by atoms with Crippen LogP contribution in [0.3, 0.4) is 0 Å². The van der Waals surface area contributed by atoms with Crippen LogP contribution in [0.2, 0.25) is 0 Å². The molecular weight excluding hydrogens is 210 g/mol. The lowest BCUT2D eigenvalue weighted by Crippen LogP contribution is -2.31. The van der Waals surface area contributed by atoms with Gasteiger partial charge in [0, 0.05) is 12.8 Å². The van der Waals surface area contributed by atoms with Gasteiger partial charge in [-0.15, -0.1) is 0 Å². The molecule has 0 aliphatic carbocycles. The van der Waals surface area contributed by atoms with Gasteiger partial charge in [-0.3, -0.25) is 4.79 Å². The summed E-state index contributed by atoms with van der Waals surface area (Å²) in [6, 6.07) is 0. The van der Waals surface area contributed by atoms with Gasteiger partial charge < -0.3 is 4.90 Å². The number of nitrogens with zero attached hydrogens (tertiary/aromatic N) is 1. The maximum Gasteiger partial charge on any atom is 0.133 e. The Kier molecular flexibility index (Phi) is 5.64. The van der Waals surface area contributed by atoms with Gasteiger partial charge in [0.15, 0.2) is 0 Å². The molecule has 1 aliphatic heterocycles. The van der Waals surface area contributed by atoms with Crippen molar-refractivity contribution in [1.29, 1.82) is 0 Å². The molecule has 100 valence electrons. The molecule has 0 atom stereocenters. The van der Waals surface area contributed by atoms with Crippen LogP contribution in [0, 0.1) is 11.3 Å². The van der Waals surface area contributed by atoms with Gasteiger partial charge in [0.25, 0.3) is 0 Å². The first kappa shape index (κ1) is 14.7. The fourth-order valence-corrected chi connectivity index (χ4v) is 2.51. The summed E-state index contributed by atoms with van der Waals surface area (Å²) >= 11 is 0. The quantitative estimate of drug-likeness (QED) is 0.732. The van der Waals surface area contributed by atoms with Crippen molar-refractivity contribution in [2.45, 2.75) is 59.3 Å². The molecule has 0 aromatic rings. The van der Waals surface area contributed by atoms with Crippen molar-refractivity contribution in [3.8, 4) is 0 Å². The Labute approximate surface area is 107 Å². The monoisotopic (exact) mass is 239 g/mol. The third kappa shape index (κ3) is 6.82. The van der Waals surface area contributed by atoms with Crippen LogP contribution >= 0.6 is 0 Å². The Morgan fingerprint density at radius 3 is 2.35 bits per heavy atom. The van der Waals surface area contributed by atoms with Gasteiger partial charge in [-0.05, 0) is 57.2 Å². The molecule has 1 rings (SSSR count). The number of carbonyl (C=O) groups excluding carboxylic acids is 1. The van der Waals surface area contributed by atoms with Crippen LogP contribution in [0.15, 0.2) is 0 Å². The molecule has 0 N–H and O–H groups in total. The molecule has 0 radical (unpaired) electrons. The number of hydrogen-bond donors (Lipinski definition) is 0. The Morgan fingerprint density at radius 1 is 1.24 bits per heavy atom. The molecular formula is C15H29NO. The lowest BCUT2D eigenvalue weighted by Gasteiger charge is -2.28. The van der Waals surface area contributed by atoms with E-state index in [1.54, 1.807) is 0 Å². The molecule has 0 aromatic heterocycles. The van der Waals surface area contributed by atoms with Crippen LogP contribution in [-0.4, -0.2) is 30.8 Å². The van der Waals surface area contributed by atoms with E-state index in [9.17, 15) is 4.79 Å². The highest BCUT2D eigenvalue weighted by Gasteiger charge is 2.19. The Hall–Kier alpha value is -0.370. The number of carbonyl (C=O) groups is 1. The smallest absolute Gasteiger partial charge is 0.133 e. The largest absolute Gasteiger partial charge is 0.306 e. The normalized spacial score (nSPS) is 19.5. The molecule has 0 bridgehead atoms. The van der Waals surface area contributed by atoms with Gasteiger partial charge >= 0.3 is 0 Å². The minimum atomic E-state index is 0.369. The van der Waals surface area contributed by atoms with Crippen molar-refractivity contribution in [2.75, 3.05) is 20.1 Å². The number of Topliss-reactive ketones (excluding diaryl/α,β-unsaturated/α-hetero) is 1. The number of rotatable bonds is 5. The first-order chi connectivity index (χ1) is 7.87. The zero-order valence-corrected chi connectivity index (χ0v) is 12.1. The summed E-state index contributed by atoms with van der Waals surface area (Å²) in [6.45, 7) is 9.07. The molecule has 1 fully saturated rings. The Morgan fingerprint density at radius 2 is 1.82 bits per heavy atom. The maximum absolute atomic E-state index is 11.9. The second kappa shape index (κ2) is 6.53. The van der Waals surface area contributed by atoms with Crippen molar-refractivity contribution in [3.05, 3.63) is 0 Å². The molecule has 0 aromatic carbocycles. The van der Waals surface area contributed by atoms with Crippen LogP contribution in [0.5, 0.6) is 0 Å². The van der Waals surface area contributed by atoms with Crippen LogP contribution in [0.4, 0.5) is 0 Å². The van der Waals surface area contributed by atoms with Gasteiger partial charge in [-0.2, -0.15) is 0 Å². The van der Waals surface area contributed by atoms with Crippen LogP contribution in [0.1, 0.15) is 59.3 Å². The third-order valence-electron chi connectivity index (χ3n) is 3.74. The number of likely N-dealkylation sites (tertiary alicyclic amines) is 1. The zero-order chi connectivity index (χ0) is 12.9. The van der Waals surface area contributed by atoms with E-state index in [0.717, 1.165) is 25.7 Å². The van der Waals surface area contributed by atoms with Gasteiger partial charge in [0.1, 0.15) is 5.78 Å². The van der Waals surface area contributed by atoms with E-state index >= 15 is 0 Å². The average Bonchev–Trinajstić information content (AvgIpc) is 2.19. The predicted octanol–water partition coefficient (Wildman–Crippen LogP) is 3.50. The first-order valence-electron chi connectivity index (χ1n) is 7.07. The summed E-state index contributed by atoms with van der Waals surface area (Å²) < 4.78 is 0. The van der Waals surface area contributed by atoms with Gasteiger partial charge in [-0.1, -0.05) is 20.8 Å². The van der Waals surface area contributed by atoms with Gasteiger partial charge in [0.2, 0.25) is 0 Å². The third-order valence-corrected chi connectivity index (χ3v) is 3.74. The maximum atomic E-state index is 11.9. The predicted molar refractivity (Wildman–Crippen MR) is 73.2 cm³/mol. The Balaban J connectivity index is 2.13. The highest BCUT2D eigenvalue weighted by Crippen LogP contribution is 2.24. The summed E-state index contributed by atoms with van der Waals surface area (Å²) in [5, 5.41) is 0. The van der Waals surface area contributed by atoms with E-state index < -0.39 is 0 Å². The molecule has 0 amide bonds. The summed E-state index contributed by atoms with van der Waals surface area (Å²) in [4.78, 5) is 14.2. The summed E-state index contributed by atoms with van der Waals surface area (Å²) in [5.41, 5.74) is 0.369. The van der Waals surface area contributed by atoms with E-state index in [4.69, 9.17) is 0 Å². The number of ketones is 1. The minimum absolute atomic E-state index is 0.369. The topological polar surface area (TPSA) is 20.3 Å². The van der Waals surface area contributed by atoms with Crippen LogP contribution in [0.25, 0.3) is 0 Å². The SMILES string of the molecule is CN1CCC(CC(=O)CCCC(C)(C)C)CC1. The zero-order valence-electron chi connectivity index (χ0n) is 12.1. The van der Waals surface area contributed by atoms with Crippen molar-refractivity contribution in [1.82, 2.24) is 4.90 Å². The lowest BCUT2D eigenvalue weighted by atomic mass is 9.87. The first-order valence-corrected chi connectivity index (χ1v) is 7.07. The summed E-state index contributed by atoms with van der Waals surface area (Å²) in [6.07, 6.45) is 6.27. The second-order valence-corrected chi connectivity index (χ2v) is 6.90. The van der Waals surface area contributed by atoms with Crippen LogP contribution in [-0.2, 0) is 4.79 Å². The van der Waals surface area contributed by atoms with Gasteiger partial charge in [0.05, 0.1) is 0 Å². The Bertz CT molecular complexity index is 234. The van der Waals surface area contributed by atoms with Gasteiger partial charge in [-0.25, -0.2) is 0 Å². The fraction of sp³-hybridized carbons (Fsp3) is 0.933. The van der Waals surface area contributed by atoms with E-state index in [2.05, 4.69) is 32.7 Å². The lowest BCUT2D eigenvalue weighted by molar-refractivity contribution is -0.120. The standard InChI is InChI=1S/C15H29NO/c1-15(2,3)9-5-6-14(17)12-13-7-10-16(4)11-8-13/h13H,5-12H2,1-4H3. The van der Waals surface area contributed by atoms with E-state index in [1.807, 2.05) is 0 Å². The van der Waals surface area contributed by atoms with Crippen molar-refractivity contribution >= 4 is 5.78 Å². The molecule has 0 spiro atoms. The molecule has 2 nitrogen and oxygen atoms in total. The number of piperidine rings is 1. The molecule has 0 saturated carbocycles. The molecule has 1 aliphatic rings.